The fourth-order valence-corrected chi connectivity index (χ4v) is 3.23. The maximum Gasteiger partial charge on any atom is 0.355 e. The monoisotopic (exact) mass is 355 g/mol. The van der Waals surface area contributed by atoms with Gasteiger partial charge in [0.2, 0.25) is 5.91 Å². The average molecular weight is 356 g/mol. The van der Waals surface area contributed by atoms with Crippen molar-refractivity contribution in [2.24, 2.45) is 11.0 Å². The summed E-state index contributed by atoms with van der Waals surface area (Å²) in [6, 6.07) is 4.42. The van der Waals surface area contributed by atoms with Crippen LogP contribution in [-0.4, -0.2) is 36.1 Å². The van der Waals surface area contributed by atoms with Gasteiger partial charge in [-0.2, -0.15) is 5.10 Å². The van der Waals surface area contributed by atoms with E-state index < -0.39 is 29.2 Å². The van der Waals surface area contributed by atoms with Crippen molar-refractivity contribution in [2.45, 2.75) is 12.5 Å². The molecule has 1 aromatic rings. The van der Waals surface area contributed by atoms with Crippen LogP contribution in [0.1, 0.15) is 6.92 Å². The second-order valence-corrected chi connectivity index (χ2v) is 6.15. The van der Waals surface area contributed by atoms with Gasteiger partial charge in [-0.3, -0.25) is 15.0 Å². The van der Waals surface area contributed by atoms with Gasteiger partial charge in [-0.05, 0) is 25.1 Å². The molecule has 23 heavy (non-hydrogen) atoms. The van der Waals surface area contributed by atoms with Gasteiger partial charge in [-0.25, -0.2) is 9.69 Å². The number of rotatable bonds is 2. The van der Waals surface area contributed by atoms with Gasteiger partial charge >= 0.3 is 5.97 Å². The van der Waals surface area contributed by atoms with Crippen LogP contribution in [0.4, 0.5) is 5.69 Å². The zero-order valence-corrected chi connectivity index (χ0v) is 13.6. The first-order valence-electron chi connectivity index (χ1n) is 6.57. The van der Waals surface area contributed by atoms with E-state index in [2.05, 4.69) is 15.3 Å². The van der Waals surface area contributed by atoms with Gasteiger partial charge in [0, 0.05) is 5.02 Å². The number of benzene rings is 1. The van der Waals surface area contributed by atoms with Crippen molar-refractivity contribution in [1.82, 2.24) is 5.43 Å². The Morgan fingerprint density at radius 3 is 2.70 bits per heavy atom. The first kappa shape index (κ1) is 15.8. The maximum atomic E-state index is 12.8. The molecular formula is C14H11Cl2N3O4. The number of hydrazone groups is 1. The number of hydrogen-bond donors (Lipinski definition) is 1. The number of halogens is 2. The summed E-state index contributed by atoms with van der Waals surface area (Å²) in [6.07, 6.45) is 0. The minimum atomic E-state index is -1.36. The van der Waals surface area contributed by atoms with Crippen molar-refractivity contribution in [3.63, 3.8) is 0 Å². The Kier molecular flexibility index (Phi) is 3.57. The maximum absolute atomic E-state index is 12.8. The van der Waals surface area contributed by atoms with E-state index in [1.807, 2.05) is 0 Å². The number of esters is 1. The van der Waals surface area contributed by atoms with Crippen molar-refractivity contribution in [3.8, 4) is 0 Å². The second kappa shape index (κ2) is 5.21. The Balaban J connectivity index is 2.07. The van der Waals surface area contributed by atoms with E-state index >= 15 is 0 Å². The molecule has 9 heteroatoms. The summed E-state index contributed by atoms with van der Waals surface area (Å²) < 4.78 is 4.62. The lowest BCUT2D eigenvalue weighted by atomic mass is 9.86. The summed E-state index contributed by atoms with van der Waals surface area (Å²) in [5, 5.41) is 4.32. The molecule has 1 aromatic carbocycles. The van der Waals surface area contributed by atoms with Crippen LogP contribution in [0, 0.1) is 5.92 Å². The molecule has 7 nitrogen and oxygen atoms in total. The van der Waals surface area contributed by atoms with E-state index in [9.17, 15) is 14.4 Å². The Bertz CT molecular complexity index is 779. The molecule has 2 unspecified atom stereocenters. The lowest BCUT2D eigenvalue weighted by Crippen LogP contribution is -2.48. The van der Waals surface area contributed by atoms with Gasteiger partial charge in [-0.1, -0.05) is 23.2 Å². The molecule has 2 heterocycles. The first-order chi connectivity index (χ1) is 10.8. The molecule has 2 amide bonds. The molecule has 2 aliphatic rings. The molecular weight excluding hydrogens is 345 g/mol. The van der Waals surface area contributed by atoms with Crippen molar-refractivity contribution in [1.29, 1.82) is 0 Å². The van der Waals surface area contributed by atoms with Crippen LogP contribution in [-0.2, 0) is 19.1 Å². The Hall–Kier alpha value is -2.12. The zero-order valence-electron chi connectivity index (χ0n) is 12.1. The number of ether oxygens (including phenoxy) is 1. The van der Waals surface area contributed by atoms with Crippen molar-refractivity contribution in [3.05, 3.63) is 28.2 Å². The number of nitrogens with one attached hydrogen (secondary N) is 1. The molecule has 0 bridgehead atoms. The molecule has 2 atom stereocenters. The number of carbonyl (C=O) groups is 3. The second-order valence-electron chi connectivity index (χ2n) is 5.31. The van der Waals surface area contributed by atoms with Gasteiger partial charge in [0.15, 0.2) is 5.71 Å². The third-order valence-corrected chi connectivity index (χ3v) is 4.46. The molecule has 0 aromatic heterocycles. The summed E-state index contributed by atoms with van der Waals surface area (Å²) in [5.74, 6) is -3.00. The summed E-state index contributed by atoms with van der Waals surface area (Å²) in [4.78, 5) is 38.2. The number of hydrogen-bond acceptors (Lipinski definition) is 6. The van der Waals surface area contributed by atoms with Gasteiger partial charge in [0.05, 0.1) is 17.8 Å². The highest BCUT2D eigenvalue weighted by Gasteiger charge is 2.63. The van der Waals surface area contributed by atoms with Crippen LogP contribution in [0.15, 0.2) is 23.3 Å². The standard InChI is InChI=1S/C14H11Cl2N3O4/c1-14-9(10(17-18-14)12(21)23-2)11(20)19(13(14)22)8-4-3-6(15)5-7(8)16/h3-5,9,18H,1-2H3. The molecule has 120 valence electrons. The predicted octanol–water partition coefficient (Wildman–Crippen LogP) is 1.37. The number of nitrogens with zero attached hydrogens (tertiary/aromatic N) is 2. The molecule has 0 radical (unpaired) electrons. The van der Waals surface area contributed by atoms with Crippen LogP contribution >= 0.6 is 23.2 Å². The fraction of sp³-hybridized carbons (Fsp3) is 0.286. The topological polar surface area (TPSA) is 88.1 Å². The van der Waals surface area contributed by atoms with E-state index in [1.54, 1.807) is 0 Å². The minimum Gasteiger partial charge on any atom is -0.464 e. The van der Waals surface area contributed by atoms with E-state index in [0.717, 1.165) is 4.90 Å². The molecule has 0 saturated carbocycles. The largest absolute Gasteiger partial charge is 0.464 e. The van der Waals surface area contributed by atoms with E-state index in [1.165, 1.54) is 32.2 Å². The quantitative estimate of drug-likeness (QED) is 0.639. The Morgan fingerprint density at radius 2 is 2.09 bits per heavy atom. The molecule has 1 N–H and O–H groups in total. The number of anilines is 1. The summed E-state index contributed by atoms with van der Waals surface area (Å²) in [7, 11) is 1.18. The molecule has 2 aliphatic heterocycles. The Labute approximate surface area is 141 Å². The summed E-state index contributed by atoms with van der Waals surface area (Å²) >= 11 is 11.9. The van der Waals surface area contributed by atoms with Gasteiger partial charge in [0.25, 0.3) is 5.91 Å². The SMILES string of the molecule is COC(=O)C1=NNC2(C)C(=O)N(c3ccc(Cl)cc3Cl)C(=O)C12. The molecule has 3 rings (SSSR count). The van der Waals surface area contributed by atoms with Crippen LogP contribution in [0.2, 0.25) is 10.0 Å². The van der Waals surface area contributed by atoms with E-state index in [-0.39, 0.29) is 16.4 Å². The zero-order chi connectivity index (χ0) is 16.9. The summed E-state index contributed by atoms with van der Waals surface area (Å²) in [6.45, 7) is 1.50. The molecule has 0 spiro atoms. The summed E-state index contributed by atoms with van der Waals surface area (Å²) in [5.41, 5.74) is 1.28. The number of fused-ring (bicyclic) bond motifs is 1. The van der Waals surface area contributed by atoms with E-state index in [4.69, 9.17) is 23.2 Å². The lowest BCUT2D eigenvalue weighted by molar-refractivity contribution is -0.133. The molecule has 0 aliphatic carbocycles. The molecule has 1 saturated heterocycles. The highest BCUT2D eigenvalue weighted by atomic mass is 35.5. The van der Waals surface area contributed by atoms with Crippen LogP contribution in [0.5, 0.6) is 0 Å². The van der Waals surface area contributed by atoms with Crippen molar-refractivity contribution >= 4 is 52.4 Å². The van der Waals surface area contributed by atoms with E-state index in [0.29, 0.717) is 5.02 Å². The first-order valence-corrected chi connectivity index (χ1v) is 7.33. The molecule has 1 fully saturated rings. The lowest BCUT2D eigenvalue weighted by Gasteiger charge is -2.20. The van der Waals surface area contributed by atoms with Gasteiger partial charge in [0.1, 0.15) is 11.5 Å². The highest BCUT2D eigenvalue weighted by Crippen LogP contribution is 2.40. The number of amides is 2. The third kappa shape index (κ3) is 2.11. The normalized spacial score (nSPS) is 26.0. The Morgan fingerprint density at radius 1 is 1.39 bits per heavy atom. The number of methoxy groups -OCH3 is 1. The van der Waals surface area contributed by atoms with Crippen LogP contribution in [0.3, 0.4) is 0 Å². The highest BCUT2D eigenvalue weighted by molar-refractivity contribution is 6.48. The number of carbonyl (C=O) groups excluding carboxylic acids is 3. The fourth-order valence-electron chi connectivity index (χ4n) is 2.73. The number of imide groups is 1. The third-order valence-electron chi connectivity index (χ3n) is 3.92. The predicted molar refractivity (Wildman–Crippen MR) is 83.4 cm³/mol. The van der Waals surface area contributed by atoms with Gasteiger partial charge in [-0.15, -0.1) is 0 Å². The van der Waals surface area contributed by atoms with Gasteiger partial charge < -0.3 is 4.74 Å². The smallest absolute Gasteiger partial charge is 0.355 e. The van der Waals surface area contributed by atoms with Crippen LogP contribution in [0.25, 0.3) is 0 Å². The van der Waals surface area contributed by atoms with Crippen molar-refractivity contribution in [2.75, 3.05) is 12.0 Å². The van der Waals surface area contributed by atoms with Crippen molar-refractivity contribution < 1.29 is 19.1 Å². The minimum absolute atomic E-state index is 0.138. The average Bonchev–Trinajstić information content (AvgIpc) is 2.95. The van der Waals surface area contributed by atoms with Crippen LogP contribution < -0.4 is 10.3 Å².